The molecule has 0 spiro atoms. The Labute approximate surface area is 181 Å². The molecule has 9 heteroatoms. The number of likely N-dealkylation sites (tertiary alicyclic amines) is 1. The van der Waals surface area contributed by atoms with Gasteiger partial charge in [-0.25, -0.2) is 18.9 Å². The molecule has 166 valence electrons. The van der Waals surface area contributed by atoms with Gasteiger partial charge in [-0.3, -0.25) is 0 Å². The molecular weight excluding hydrogens is 410 g/mol. The maximum Gasteiger partial charge on any atom is 0.363 e. The molecule has 1 aliphatic rings. The standard InChI is InChI=1S/C21H30ClN3O5/c22-15-9-6-14(7-10-15)8-11-18(21(29)30)25(13-3-5-17(25)20(27)28)19(26)16(24)4-1-2-12-23/h6-7,9-10,16-18H,1-5,8,11-13,23-24H2,(H-,27,28,29,30)/p+1/t16-,17-,18-,25?/m0/s1. The van der Waals surface area contributed by atoms with Gasteiger partial charge in [0.1, 0.15) is 6.04 Å². The Morgan fingerprint density at radius 1 is 1.13 bits per heavy atom. The van der Waals surface area contributed by atoms with E-state index in [0.29, 0.717) is 43.7 Å². The van der Waals surface area contributed by atoms with E-state index in [1.54, 1.807) is 24.3 Å². The Morgan fingerprint density at radius 3 is 2.37 bits per heavy atom. The number of aryl methyl sites for hydroxylation is 1. The number of rotatable bonds is 11. The summed E-state index contributed by atoms with van der Waals surface area (Å²) in [6.07, 6.45) is 2.90. The van der Waals surface area contributed by atoms with Crippen molar-refractivity contribution in [1.29, 1.82) is 0 Å². The van der Waals surface area contributed by atoms with Crippen LogP contribution in [-0.4, -0.2) is 63.8 Å². The van der Waals surface area contributed by atoms with Crippen molar-refractivity contribution in [3.8, 4) is 0 Å². The number of carboxylic acids is 2. The van der Waals surface area contributed by atoms with Crippen LogP contribution < -0.4 is 11.5 Å². The Kier molecular flexibility index (Phi) is 8.78. The number of benzene rings is 1. The summed E-state index contributed by atoms with van der Waals surface area (Å²) in [6, 6.07) is 3.81. The first-order valence-electron chi connectivity index (χ1n) is 10.3. The fraction of sp³-hybridized carbons (Fsp3) is 0.571. The first kappa shape index (κ1) is 24.3. The number of carbonyl (C=O) groups excluding carboxylic acids is 1. The number of aliphatic carboxylic acids is 2. The highest BCUT2D eigenvalue weighted by Crippen LogP contribution is 2.35. The Morgan fingerprint density at radius 2 is 1.80 bits per heavy atom. The van der Waals surface area contributed by atoms with Crippen molar-refractivity contribution in [2.24, 2.45) is 11.5 Å². The van der Waals surface area contributed by atoms with Crippen molar-refractivity contribution in [1.82, 2.24) is 0 Å². The van der Waals surface area contributed by atoms with E-state index in [4.69, 9.17) is 23.1 Å². The van der Waals surface area contributed by atoms with Crippen molar-refractivity contribution in [2.45, 2.75) is 63.1 Å². The van der Waals surface area contributed by atoms with Crippen LogP contribution in [-0.2, 0) is 20.8 Å². The average Bonchev–Trinajstić information content (AvgIpc) is 3.14. The zero-order valence-corrected chi connectivity index (χ0v) is 17.8. The third kappa shape index (κ3) is 5.37. The zero-order chi connectivity index (χ0) is 22.3. The molecule has 1 saturated heterocycles. The molecule has 1 aromatic rings. The van der Waals surface area contributed by atoms with E-state index < -0.39 is 40.5 Å². The van der Waals surface area contributed by atoms with E-state index in [1.807, 2.05) is 0 Å². The molecule has 1 aromatic carbocycles. The summed E-state index contributed by atoms with van der Waals surface area (Å²) in [6.45, 7) is 0.634. The molecule has 0 radical (unpaired) electrons. The molecule has 0 saturated carbocycles. The summed E-state index contributed by atoms with van der Waals surface area (Å²) >= 11 is 5.90. The van der Waals surface area contributed by atoms with E-state index in [2.05, 4.69) is 0 Å². The molecule has 30 heavy (non-hydrogen) atoms. The molecule has 1 amide bonds. The third-order valence-electron chi connectivity index (χ3n) is 6.00. The van der Waals surface area contributed by atoms with E-state index in [-0.39, 0.29) is 19.4 Å². The maximum absolute atomic E-state index is 13.5. The highest BCUT2D eigenvalue weighted by atomic mass is 35.5. The Bertz CT molecular complexity index is 758. The lowest BCUT2D eigenvalue weighted by atomic mass is 9.97. The van der Waals surface area contributed by atoms with Crippen molar-refractivity contribution in [2.75, 3.05) is 13.1 Å². The van der Waals surface area contributed by atoms with Crippen molar-refractivity contribution < 1.29 is 29.1 Å². The largest absolute Gasteiger partial charge is 0.477 e. The number of nitrogens with two attached hydrogens (primary N) is 2. The molecular formula is C21H31ClN3O5+. The topological polar surface area (TPSA) is 144 Å². The van der Waals surface area contributed by atoms with Gasteiger partial charge in [0.05, 0.1) is 6.54 Å². The Balaban J connectivity index is 2.34. The fourth-order valence-corrected chi connectivity index (χ4v) is 4.62. The number of hydrogen-bond donors (Lipinski definition) is 4. The number of halogens is 1. The van der Waals surface area contributed by atoms with Crippen molar-refractivity contribution in [3.63, 3.8) is 0 Å². The van der Waals surface area contributed by atoms with Gasteiger partial charge in [0, 0.05) is 24.3 Å². The molecule has 8 nitrogen and oxygen atoms in total. The Hall–Kier alpha value is -2.00. The molecule has 1 fully saturated rings. The van der Waals surface area contributed by atoms with E-state index >= 15 is 0 Å². The number of nitrogens with zero attached hydrogens (tertiary/aromatic N) is 1. The minimum Gasteiger partial charge on any atom is -0.477 e. The summed E-state index contributed by atoms with van der Waals surface area (Å²) in [5, 5.41) is 20.4. The summed E-state index contributed by atoms with van der Waals surface area (Å²) in [7, 11) is 0. The first-order chi connectivity index (χ1) is 14.2. The van der Waals surface area contributed by atoms with Gasteiger partial charge < -0.3 is 21.7 Å². The number of carboxylic acid groups (broad SMARTS) is 2. The summed E-state index contributed by atoms with van der Waals surface area (Å²) in [4.78, 5) is 37.7. The molecule has 2 rings (SSSR count). The third-order valence-corrected chi connectivity index (χ3v) is 6.26. The number of quaternary nitrogens is 1. The van der Waals surface area contributed by atoms with Gasteiger partial charge in [-0.15, -0.1) is 0 Å². The SMILES string of the molecule is NCCCC[C@H](N)C(=O)[N+]1([C@@H](CCc2ccc(Cl)cc2)C(=O)O)CCC[C@H]1C(=O)O. The second-order valence-electron chi connectivity index (χ2n) is 7.90. The predicted molar refractivity (Wildman–Crippen MR) is 113 cm³/mol. The van der Waals surface area contributed by atoms with Gasteiger partial charge in [-0.2, -0.15) is 0 Å². The van der Waals surface area contributed by atoms with Crippen LogP contribution in [0.2, 0.25) is 5.02 Å². The van der Waals surface area contributed by atoms with Crippen molar-refractivity contribution >= 4 is 29.4 Å². The molecule has 6 N–H and O–H groups in total. The van der Waals surface area contributed by atoms with Crippen LogP contribution in [0.25, 0.3) is 0 Å². The van der Waals surface area contributed by atoms with Gasteiger partial charge in [0.2, 0.25) is 0 Å². The van der Waals surface area contributed by atoms with Gasteiger partial charge in [0.15, 0.2) is 12.1 Å². The van der Waals surface area contributed by atoms with Crippen LogP contribution in [0.15, 0.2) is 24.3 Å². The minimum atomic E-state index is -1.18. The smallest absolute Gasteiger partial charge is 0.363 e. The van der Waals surface area contributed by atoms with E-state index in [0.717, 1.165) is 5.56 Å². The van der Waals surface area contributed by atoms with Crippen LogP contribution in [0.1, 0.15) is 44.1 Å². The molecule has 0 aromatic heterocycles. The summed E-state index contributed by atoms with van der Waals surface area (Å²) in [5.74, 6) is -2.84. The molecule has 1 aliphatic heterocycles. The molecule has 1 unspecified atom stereocenters. The van der Waals surface area contributed by atoms with Crippen LogP contribution in [0, 0.1) is 0 Å². The van der Waals surface area contributed by atoms with E-state index in [9.17, 15) is 24.6 Å². The zero-order valence-electron chi connectivity index (χ0n) is 17.0. The highest BCUT2D eigenvalue weighted by molar-refractivity contribution is 6.30. The number of hydrogen-bond acceptors (Lipinski definition) is 5. The lowest BCUT2D eigenvalue weighted by Gasteiger charge is -2.41. The van der Waals surface area contributed by atoms with Gasteiger partial charge in [-0.05, 0) is 49.9 Å². The molecule has 1 heterocycles. The monoisotopic (exact) mass is 440 g/mol. The number of carbonyl (C=O) groups is 3. The maximum atomic E-state index is 13.5. The summed E-state index contributed by atoms with van der Waals surface area (Å²) in [5.41, 5.74) is 12.5. The van der Waals surface area contributed by atoms with Crippen molar-refractivity contribution in [3.05, 3.63) is 34.9 Å². The van der Waals surface area contributed by atoms with Gasteiger partial charge in [-0.1, -0.05) is 23.7 Å². The quantitative estimate of drug-likeness (QED) is 0.303. The highest BCUT2D eigenvalue weighted by Gasteiger charge is 2.59. The molecule has 4 atom stereocenters. The van der Waals surface area contributed by atoms with E-state index in [1.165, 1.54) is 0 Å². The van der Waals surface area contributed by atoms with Gasteiger partial charge in [0.25, 0.3) is 0 Å². The van der Waals surface area contributed by atoms with Crippen LogP contribution in [0.3, 0.4) is 0 Å². The van der Waals surface area contributed by atoms with Crippen LogP contribution in [0.5, 0.6) is 0 Å². The first-order valence-corrected chi connectivity index (χ1v) is 10.7. The number of amides is 1. The fourth-order valence-electron chi connectivity index (χ4n) is 4.49. The van der Waals surface area contributed by atoms with Crippen LogP contribution in [0.4, 0.5) is 0 Å². The second kappa shape index (κ2) is 10.9. The lowest BCUT2D eigenvalue weighted by molar-refractivity contribution is -0.875. The number of unbranched alkanes of at least 4 members (excludes halogenated alkanes) is 1. The minimum absolute atomic E-state index is 0.127. The normalized spacial score (nSPS) is 23.1. The van der Waals surface area contributed by atoms with Crippen LogP contribution >= 0.6 is 11.6 Å². The molecule has 0 aliphatic carbocycles. The molecule has 0 bridgehead atoms. The average molecular weight is 441 g/mol. The second-order valence-corrected chi connectivity index (χ2v) is 8.34. The summed E-state index contributed by atoms with van der Waals surface area (Å²) < 4.78 is -0.623. The van der Waals surface area contributed by atoms with Gasteiger partial charge >= 0.3 is 17.8 Å². The lowest BCUT2D eigenvalue weighted by Crippen LogP contribution is -2.69. The predicted octanol–water partition coefficient (Wildman–Crippen LogP) is 1.77.